The van der Waals surface area contributed by atoms with E-state index >= 15 is 0 Å². The lowest BCUT2D eigenvalue weighted by Crippen LogP contribution is -2.41. The molecule has 0 N–H and O–H groups in total. The van der Waals surface area contributed by atoms with Crippen LogP contribution in [0.3, 0.4) is 0 Å². The predicted molar refractivity (Wildman–Crippen MR) is 84.3 cm³/mol. The van der Waals surface area contributed by atoms with Gasteiger partial charge in [-0.25, -0.2) is 0 Å². The van der Waals surface area contributed by atoms with Crippen molar-refractivity contribution in [3.05, 3.63) is 30.1 Å². The molecule has 1 atom stereocenters. The van der Waals surface area contributed by atoms with Gasteiger partial charge in [-0.3, -0.25) is 14.7 Å². The van der Waals surface area contributed by atoms with Crippen LogP contribution in [0.2, 0.25) is 0 Å². The van der Waals surface area contributed by atoms with Crippen LogP contribution < -0.4 is 0 Å². The van der Waals surface area contributed by atoms with Crippen molar-refractivity contribution in [1.82, 2.24) is 14.8 Å². The third-order valence-corrected chi connectivity index (χ3v) is 4.46. The Hall–Kier alpha value is -1.46. The minimum absolute atomic E-state index is 0.254. The van der Waals surface area contributed by atoms with Gasteiger partial charge in [-0.2, -0.15) is 0 Å². The van der Waals surface area contributed by atoms with Crippen molar-refractivity contribution in [2.45, 2.75) is 38.3 Å². The van der Waals surface area contributed by atoms with Gasteiger partial charge in [-0.05, 0) is 43.4 Å². The van der Waals surface area contributed by atoms with E-state index in [0.29, 0.717) is 6.54 Å². The number of aromatic nitrogens is 1. The molecule has 1 aromatic heterocycles. The number of rotatable bonds is 6. The summed E-state index contributed by atoms with van der Waals surface area (Å²) in [4.78, 5) is 20.7. The number of carbonyl (C=O) groups is 1. The summed E-state index contributed by atoms with van der Waals surface area (Å²) >= 11 is 0. The third kappa shape index (κ3) is 4.27. The number of hydrogen-bond donors (Lipinski definition) is 0. The third-order valence-electron chi connectivity index (χ3n) is 4.46. The first kappa shape index (κ1) is 15.4. The average Bonchev–Trinajstić information content (AvgIpc) is 3.21. The van der Waals surface area contributed by atoms with Crippen LogP contribution in [0.1, 0.15) is 31.2 Å². The maximum absolute atomic E-state index is 12.5. The molecule has 3 heterocycles. The van der Waals surface area contributed by atoms with Gasteiger partial charge in [0, 0.05) is 45.2 Å². The molecule has 2 saturated heterocycles. The topological polar surface area (TPSA) is 45.7 Å². The molecule has 0 unspecified atom stereocenters. The standard InChI is InChI=1S/C17H25N3O2/c21-17(20-9-1-2-10-20)14-19(13-16-4-3-11-22-16)12-15-5-7-18-8-6-15/h5-8,16H,1-4,9-14H2/t16-/m1/s1. The summed E-state index contributed by atoms with van der Waals surface area (Å²) in [6.45, 7) is 4.80. The Kier molecular flexibility index (Phi) is 5.40. The lowest BCUT2D eigenvalue weighted by molar-refractivity contribution is -0.131. The highest BCUT2D eigenvalue weighted by Gasteiger charge is 2.24. The fraction of sp³-hybridized carbons (Fsp3) is 0.647. The van der Waals surface area contributed by atoms with E-state index < -0.39 is 0 Å². The Morgan fingerprint density at radius 3 is 2.73 bits per heavy atom. The highest BCUT2D eigenvalue weighted by Crippen LogP contribution is 2.16. The second-order valence-electron chi connectivity index (χ2n) is 6.25. The predicted octanol–water partition coefficient (Wildman–Crippen LogP) is 1.68. The molecule has 5 nitrogen and oxygen atoms in total. The molecular weight excluding hydrogens is 278 g/mol. The van der Waals surface area contributed by atoms with E-state index in [1.807, 2.05) is 29.4 Å². The van der Waals surface area contributed by atoms with Gasteiger partial charge in [0.15, 0.2) is 0 Å². The molecule has 2 aliphatic heterocycles. The van der Waals surface area contributed by atoms with Crippen molar-refractivity contribution in [1.29, 1.82) is 0 Å². The van der Waals surface area contributed by atoms with Gasteiger partial charge in [-0.1, -0.05) is 0 Å². The van der Waals surface area contributed by atoms with Crippen LogP contribution in [0, 0.1) is 0 Å². The molecule has 0 saturated carbocycles. The smallest absolute Gasteiger partial charge is 0.236 e. The van der Waals surface area contributed by atoms with Crippen LogP contribution in [0.25, 0.3) is 0 Å². The van der Waals surface area contributed by atoms with Gasteiger partial charge >= 0.3 is 0 Å². The molecule has 22 heavy (non-hydrogen) atoms. The molecule has 0 bridgehead atoms. The molecule has 1 amide bonds. The summed E-state index contributed by atoms with van der Waals surface area (Å²) in [7, 11) is 0. The number of likely N-dealkylation sites (tertiary alicyclic amines) is 1. The van der Waals surface area contributed by atoms with Crippen molar-refractivity contribution in [3.63, 3.8) is 0 Å². The van der Waals surface area contributed by atoms with Crippen molar-refractivity contribution in [3.8, 4) is 0 Å². The molecule has 0 spiro atoms. The van der Waals surface area contributed by atoms with Gasteiger partial charge in [0.1, 0.15) is 0 Å². The summed E-state index contributed by atoms with van der Waals surface area (Å²) < 4.78 is 5.75. The Balaban J connectivity index is 1.60. The lowest BCUT2D eigenvalue weighted by Gasteiger charge is -2.27. The monoisotopic (exact) mass is 303 g/mol. The summed E-state index contributed by atoms with van der Waals surface area (Å²) in [6.07, 6.45) is 8.40. The largest absolute Gasteiger partial charge is 0.377 e. The Morgan fingerprint density at radius 2 is 2.05 bits per heavy atom. The Morgan fingerprint density at radius 1 is 1.27 bits per heavy atom. The quantitative estimate of drug-likeness (QED) is 0.802. The zero-order valence-electron chi connectivity index (χ0n) is 13.1. The van der Waals surface area contributed by atoms with Crippen molar-refractivity contribution in [2.24, 2.45) is 0 Å². The molecule has 0 radical (unpaired) electrons. The molecule has 1 aromatic rings. The molecular formula is C17H25N3O2. The van der Waals surface area contributed by atoms with E-state index in [0.717, 1.165) is 58.5 Å². The molecule has 120 valence electrons. The van der Waals surface area contributed by atoms with E-state index in [9.17, 15) is 4.79 Å². The number of ether oxygens (including phenoxy) is 1. The molecule has 5 heteroatoms. The van der Waals surface area contributed by atoms with Crippen LogP contribution in [0.5, 0.6) is 0 Å². The van der Waals surface area contributed by atoms with Crippen LogP contribution in [0.4, 0.5) is 0 Å². The van der Waals surface area contributed by atoms with E-state index in [-0.39, 0.29) is 12.0 Å². The van der Waals surface area contributed by atoms with Crippen LogP contribution in [0.15, 0.2) is 24.5 Å². The van der Waals surface area contributed by atoms with Crippen molar-refractivity contribution >= 4 is 5.91 Å². The van der Waals surface area contributed by atoms with Crippen molar-refractivity contribution in [2.75, 3.05) is 32.8 Å². The van der Waals surface area contributed by atoms with Gasteiger partial charge in [0.05, 0.1) is 12.6 Å². The number of amides is 1. The summed E-state index contributed by atoms with van der Waals surface area (Å²) in [5.41, 5.74) is 1.20. The first-order valence-corrected chi connectivity index (χ1v) is 8.32. The number of pyridine rings is 1. The molecule has 0 aliphatic carbocycles. The lowest BCUT2D eigenvalue weighted by atomic mass is 10.2. The molecule has 2 fully saturated rings. The maximum atomic E-state index is 12.5. The number of nitrogens with zero attached hydrogens (tertiary/aromatic N) is 3. The average molecular weight is 303 g/mol. The first-order valence-electron chi connectivity index (χ1n) is 8.32. The van der Waals surface area contributed by atoms with E-state index in [1.54, 1.807) is 0 Å². The Labute approximate surface area is 132 Å². The minimum atomic E-state index is 0.254. The highest BCUT2D eigenvalue weighted by molar-refractivity contribution is 5.78. The second-order valence-corrected chi connectivity index (χ2v) is 6.25. The van der Waals surface area contributed by atoms with Gasteiger partial charge in [0.2, 0.25) is 5.91 Å². The summed E-state index contributed by atoms with van der Waals surface area (Å²) in [5.74, 6) is 0.254. The minimum Gasteiger partial charge on any atom is -0.377 e. The molecule has 0 aromatic carbocycles. The Bertz CT molecular complexity index is 468. The number of hydrogen-bond acceptors (Lipinski definition) is 4. The van der Waals surface area contributed by atoms with E-state index in [1.165, 1.54) is 5.56 Å². The van der Waals surface area contributed by atoms with Gasteiger partial charge < -0.3 is 9.64 Å². The number of carbonyl (C=O) groups excluding carboxylic acids is 1. The summed E-state index contributed by atoms with van der Waals surface area (Å²) in [6, 6.07) is 4.03. The zero-order chi connectivity index (χ0) is 15.2. The van der Waals surface area contributed by atoms with E-state index in [2.05, 4.69) is 9.88 Å². The molecule has 3 rings (SSSR count). The van der Waals surface area contributed by atoms with Crippen LogP contribution in [-0.4, -0.2) is 59.6 Å². The fourth-order valence-corrected chi connectivity index (χ4v) is 3.27. The zero-order valence-corrected chi connectivity index (χ0v) is 13.1. The molecule has 2 aliphatic rings. The first-order chi connectivity index (χ1) is 10.8. The normalized spacial score (nSPS) is 21.7. The van der Waals surface area contributed by atoms with E-state index in [4.69, 9.17) is 4.74 Å². The van der Waals surface area contributed by atoms with Gasteiger partial charge in [-0.15, -0.1) is 0 Å². The van der Waals surface area contributed by atoms with Crippen molar-refractivity contribution < 1.29 is 9.53 Å². The maximum Gasteiger partial charge on any atom is 0.236 e. The second kappa shape index (κ2) is 7.70. The highest BCUT2D eigenvalue weighted by atomic mass is 16.5. The van der Waals surface area contributed by atoms with Gasteiger partial charge in [0.25, 0.3) is 0 Å². The SMILES string of the molecule is O=C(CN(Cc1ccncc1)C[C@H]1CCCO1)N1CCCC1. The van der Waals surface area contributed by atoms with Crippen LogP contribution >= 0.6 is 0 Å². The fourth-order valence-electron chi connectivity index (χ4n) is 3.27. The van der Waals surface area contributed by atoms with Crippen LogP contribution in [-0.2, 0) is 16.1 Å². The summed E-state index contributed by atoms with van der Waals surface area (Å²) in [5, 5.41) is 0.